The molecular weight excluding hydrogens is 392 g/mol. The molecule has 0 aromatic heterocycles. The molecule has 2 aliphatic rings. The van der Waals surface area contributed by atoms with Gasteiger partial charge in [0.05, 0.1) is 4.47 Å². The highest BCUT2D eigenvalue weighted by Crippen LogP contribution is 2.48. The summed E-state index contributed by atoms with van der Waals surface area (Å²) in [7, 11) is 0. The molecule has 2 aliphatic carbocycles. The van der Waals surface area contributed by atoms with Gasteiger partial charge in [-0.25, -0.2) is 4.79 Å². The SMILES string of the molecule is CC1CC(Oc2cc3c(cc2Br)C(C)(C)CCC3(C)C)=CC=C1C(=O)O. The fourth-order valence-electron chi connectivity index (χ4n) is 3.97. The number of carbonyl (C=O) groups is 1. The summed E-state index contributed by atoms with van der Waals surface area (Å²) in [6.45, 7) is 11.1. The van der Waals surface area contributed by atoms with Crippen molar-refractivity contribution in [2.24, 2.45) is 5.92 Å². The molecule has 1 aromatic rings. The van der Waals surface area contributed by atoms with Gasteiger partial charge < -0.3 is 9.84 Å². The highest BCUT2D eigenvalue weighted by atomic mass is 79.9. The fraction of sp³-hybridized carbons (Fsp3) is 0.500. The van der Waals surface area contributed by atoms with Crippen LogP contribution in [0.5, 0.6) is 5.75 Å². The summed E-state index contributed by atoms with van der Waals surface area (Å²) >= 11 is 3.68. The minimum absolute atomic E-state index is 0.0562. The van der Waals surface area contributed by atoms with Crippen LogP contribution in [0.2, 0.25) is 0 Å². The Balaban J connectivity index is 1.97. The molecule has 0 spiro atoms. The van der Waals surface area contributed by atoms with E-state index in [9.17, 15) is 9.90 Å². The van der Waals surface area contributed by atoms with Crippen molar-refractivity contribution in [3.8, 4) is 5.75 Å². The molecule has 1 unspecified atom stereocenters. The van der Waals surface area contributed by atoms with Crippen LogP contribution in [0.4, 0.5) is 0 Å². The number of hydrogen-bond donors (Lipinski definition) is 1. The maximum Gasteiger partial charge on any atom is 0.331 e. The molecule has 1 aromatic carbocycles. The summed E-state index contributed by atoms with van der Waals surface area (Å²) in [4.78, 5) is 11.2. The highest BCUT2D eigenvalue weighted by Gasteiger charge is 2.38. The molecule has 26 heavy (non-hydrogen) atoms. The van der Waals surface area contributed by atoms with Crippen LogP contribution < -0.4 is 4.74 Å². The number of fused-ring (bicyclic) bond motifs is 1. The highest BCUT2D eigenvalue weighted by molar-refractivity contribution is 9.10. The van der Waals surface area contributed by atoms with Gasteiger partial charge in [-0.1, -0.05) is 34.6 Å². The number of hydrogen-bond acceptors (Lipinski definition) is 2. The van der Waals surface area contributed by atoms with Crippen molar-refractivity contribution >= 4 is 21.9 Å². The second-order valence-corrected chi connectivity index (χ2v) is 9.72. The van der Waals surface area contributed by atoms with Gasteiger partial charge in [-0.2, -0.15) is 0 Å². The first-order valence-electron chi connectivity index (χ1n) is 9.18. The van der Waals surface area contributed by atoms with Crippen LogP contribution in [0.3, 0.4) is 0 Å². The maximum absolute atomic E-state index is 11.2. The minimum atomic E-state index is -0.855. The first-order valence-corrected chi connectivity index (χ1v) is 9.97. The van der Waals surface area contributed by atoms with E-state index in [0.29, 0.717) is 12.0 Å². The normalized spacial score (nSPS) is 23.5. The third-order valence-corrected chi connectivity index (χ3v) is 6.50. The van der Waals surface area contributed by atoms with Crippen molar-refractivity contribution in [2.75, 3.05) is 0 Å². The van der Waals surface area contributed by atoms with E-state index in [-0.39, 0.29) is 16.7 Å². The number of halogens is 1. The molecular formula is C22H27BrO3. The van der Waals surface area contributed by atoms with Crippen molar-refractivity contribution in [1.29, 1.82) is 0 Å². The van der Waals surface area contributed by atoms with E-state index in [1.807, 2.05) is 6.92 Å². The van der Waals surface area contributed by atoms with E-state index in [0.717, 1.165) is 22.4 Å². The van der Waals surface area contributed by atoms with Gasteiger partial charge in [0.15, 0.2) is 0 Å². The van der Waals surface area contributed by atoms with Crippen LogP contribution in [0.25, 0.3) is 0 Å². The molecule has 140 valence electrons. The minimum Gasteiger partial charge on any atom is -0.478 e. The van der Waals surface area contributed by atoms with E-state index in [1.165, 1.54) is 17.5 Å². The zero-order valence-corrected chi connectivity index (χ0v) is 17.7. The predicted octanol–water partition coefficient (Wildman–Crippen LogP) is 6.11. The zero-order chi connectivity index (χ0) is 19.3. The summed E-state index contributed by atoms with van der Waals surface area (Å²) in [5, 5.41) is 9.22. The van der Waals surface area contributed by atoms with Crippen molar-refractivity contribution < 1.29 is 14.6 Å². The topological polar surface area (TPSA) is 46.5 Å². The third kappa shape index (κ3) is 3.48. The molecule has 0 radical (unpaired) electrons. The van der Waals surface area contributed by atoms with Crippen molar-refractivity contribution in [3.05, 3.63) is 51.2 Å². The second-order valence-electron chi connectivity index (χ2n) is 8.86. The summed E-state index contributed by atoms with van der Waals surface area (Å²) < 4.78 is 7.14. The van der Waals surface area contributed by atoms with Gasteiger partial charge in [-0.05, 0) is 80.9 Å². The van der Waals surface area contributed by atoms with Crippen LogP contribution in [0.15, 0.2) is 40.1 Å². The first-order chi connectivity index (χ1) is 12.0. The zero-order valence-electron chi connectivity index (χ0n) is 16.1. The molecule has 0 aliphatic heterocycles. The third-order valence-electron chi connectivity index (χ3n) is 5.88. The average Bonchev–Trinajstić information content (AvgIpc) is 2.53. The van der Waals surface area contributed by atoms with Crippen molar-refractivity contribution in [3.63, 3.8) is 0 Å². The predicted molar refractivity (Wildman–Crippen MR) is 108 cm³/mol. The number of benzene rings is 1. The Morgan fingerprint density at radius 1 is 1.12 bits per heavy atom. The van der Waals surface area contributed by atoms with Gasteiger partial charge in [0, 0.05) is 12.0 Å². The van der Waals surface area contributed by atoms with Crippen LogP contribution in [0.1, 0.15) is 65.0 Å². The lowest BCUT2D eigenvalue weighted by Crippen LogP contribution is -2.33. The number of allylic oxidation sites excluding steroid dienone is 3. The molecule has 1 atom stereocenters. The number of aliphatic carboxylic acids is 1. The molecule has 0 amide bonds. The Morgan fingerprint density at radius 3 is 2.23 bits per heavy atom. The van der Waals surface area contributed by atoms with Gasteiger partial charge >= 0.3 is 5.97 Å². The van der Waals surface area contributed by atoms with Crippen LogP contribution >= 0.6 is 15.9 Å². The number of ether oxygens (including phenoxy) is 1. The average molecular weight is 419 g/mol. The Bertz CT molecular complexity index is 815. The molecule has 1 N–H and O–H groups in total. The molecule has 0 saturated heterocycles. The lowest BCUT2D eigenvalue weighted by atomic mass is 9.63. The number of carboxylic acid groups (broad SMARTS) is 1. The molecule has 0 saturated carbocycles. The van der Waals surface area contributed by atoms with E-state index < -0.39 is 5.97 Å². The smallest absolute Gasteiger partial charge is 0.331 e. The molecule has 0 bridgehead atoms. The van der Waals surface area contributed by atoms with Crippen molar-refractivity contribution in [1.82, 2.24) is 0 Å². The monoisotopic (exact) mass is 418 g/mol. The molecule has 3 nitrogen and oxygen atoms in total. The quantitative estimate of drug-likeness (QED) is 0.643. The standard InChI is InChI=1S/C22H27BrO3/c1-13-10-14(6-7-15(13)20(24)25)26-19-12-17-16(11-18(19)23)21(2,3)8-9-22(17,4)5/h6-7,11-13H,8-10H2,1-5H3,(H,24,25). The maximum atomic E-state index is 11.2. The van der Waals surface area contributed by atoms with Crippen LogP contribution in [-0.2, 0) is 15.6 Å². The van der Waals surface area contributed by atoms with Gasteiger partial charge in [0.1, 0.15) is 11.5 Å². The van der Waals surface area contributed by atoms with E-state index in [4.69, 9.17) is 4.74 Å². The van der Waals surface area contributed by atoms with Gasteiger partial charge in [0.25, 0.3) is 0 Å². The number of carboxylic acids is 1. The Morgan fingerprint density at radius 2 is 1.69 bits per heavy atom. The second kappa shape index (κ2) is 6.56. The van der Waals surface area contributed by atoms with Crippen LogP contribution in [-0.4, -0.2) is 11.1 Å². The molecule has 4 heteroatoms. The van der Waals surface area contributed by atoms with Crippen LogP contribution in [0, 0.1) is 5.92 Å². The van der Waals surface area contributed by atoms with E-state index in [2.05, 4.69) is 55.8 Å². The summed E-state index contributed by atoms with van der Waals surface area (Å²) in [6, 6.07) is 4.37. The largest absolute Gasteiger partial charge is 0.478 e. The molecule has 3 rings (SSSR count). The Labute approximate surface area is 164 Å². The molecule has 0 heterocycles. The molecule has 0 fully saturated rings. The Kier molecular flexibility index (Phi) is 4.85. The van der Waals surface area contributed by atoms with Gasteiger partial charge in [-0.15, -0.1) is 0 Å². The van der Waals surface area contributed by atoms with Gasteiger partial charge in [0.2, 0.25) is 0 Å². The fourth-order valence-corrected chi connectivity index (χ4v) is 4.40. The number of rotatable bonds is 3. The summed E-state index contributed by atoms with van der Waals surface area (Å²) in [5.74, 6) is 0.696. The lowest BCUT2D eigenvalue weighted by Gasteiger charge is -2.42. The van der Waals surface area contributed by atoms with Gasteiger partial charge in [-0.3, -0.25) is 0 Å². The summed E-state index contributed by atoms with van der Waals surface area (Å²) in [6.07, 6.45) is 6.36. The van der Waals surface area contributed by atoms with Crippen molar-refractivity contribution in [2.45, 2.75) is 64.7 Å². The lowest BCUT2D eigenvalue weighted by molar-refractivity contribution is -0.133. The first kappa shape index (κ1) is 19.2. The summed E-state index contributed by atoms with van der Waals surface area (Å²) in [5.41, 5.74) is 3.44. The van der Waals surface area contributed by atoms with E-state index >= 15 is 0 Å². The Hall–Kier alpha value is -1.55. The van der Waals surface area contributed by atoms with E-state index in [1.54, 1.807) is 12.2 Å².